The van der Waals surface area contributed by atoms with Gasteiger partial charge in [0, 0.05) is 19.0 Å². The van der Waals surface area contributed by atoms with Gasteiger partial charge in [-0.25, -0.2) is 0 Å². The Morgan fingerprint density at radius 1 is 1.14 bits per heavy atom. The molecule has 160 valence electrons. The molecule has 1 aromatic carbocycles. The number of halogens is 1. The number of rotatable bonds is 7. The van der Waals surface area contributed by atoms with Crippen molar-refractivity contribution in [2.24, 2.45) is 11.8 Å². The van der Waals surface area contributed by atoms with Gasteiger partial charge in [0.15, 0.2) is 12.1 Å². The lowest BCUT2D eigenvalue weighted by atomic mass is 10.0. The Labute approximate surface area is 177 Å². The molecule has 1 amide bonds. The van der Waals surface area contributed by atoms with E-state index in [4.69, 9.17) is 30.5 Å². The van der Waals surface area contributed by atoms with Crippen molar-refractivity contribution in [3.05, 3.63) is 35.9 Å². The monoisotopic (exact) mass is 423 g/mol. The molecule has 0 bridgehead atoms. The zero-order valence-electron chi connectivity index (χ0n) is 17.4. The molecule has 3 aliphatic rings. The number of ether oxygens (including phenoxy) is 4. The van der Waals surface area contributed by atoms with Crippen LogP contribution in [-0.2, 0) is 30.3 Å². The van der Waals surface area contributed by atoms with Crippen LogP contribution in [0.5, 0.6) is 0 Å². The molecule has 29 heavy (non-hydrogen) atoms. The zero-order chi connectivity index (χ0) is 20.8. The maximum atomic E-state index is 12.9. The van der Waals surface area contributed by atoms with E-state index in [1.54, 1.807) is 0 Å². The Morgan fingerprint density at radius 2 is 1.83 bits per heavy atom. The molecule has 0 N–H and O–H groups in total. The molecule has 2 heterocycles. The fraction of sp³-hybridized carbons (Fsp3) is 0.682. The van der Waals surface area contributed by atoms with Crippen molar-refractivity contribution in [2.75, 3.05) is 13.1 Å². The number of carbonyl (C=O) groups excluding carboxylic acids is 1. The van der Waals surface area contributed by atoms with Gasteiger partial charge in [-0.15, -0.1) is 11.6 Å². The summed E-state index contributed by atoms with van der Waals surface area (Å²) < 4.78 is 24.5. The van der Waals surface area contributed by atoms with Crippen LogP contribution in [-0.4, -0.2) is 59.7 Å². The number of hydrogen-bond acceptors (Lipinski definition) is 5. The van der Waals surface area contributed by atoms with E-state index in [2.05, 4.69) is 0 Å². The van der Waals surface area contributed by atoms with Crippen LogP contribution in [0.25, 0.3) is 0 Å². The number of nitrogens with zero attached hydrogens (tertiary/aromatic N) is 1. The van der Waals surface area contributed by atoms with Crippen LogP contribution >= 0.6 is 11.6 Å². The number of carbonyl (C=O) groups is 1. The minimum atomic E-state index is -0.727. The minimum absolute atomic E-state index is 0.0876. The summed E-state index contributed by atoms with van der Waals surface area (Å²) in [6.45, 7) is 9.48. The van der Waals surface area contributed by atoms with Crippen molar-refractivity contribution in [1.82, 2.24) is 4.90 Å². The average Bonchev–Trinajstić information content (AvgIpc) is 3.11. The molecule has 6 nitrogen and oxygen atoms in total. The Morgan fingerprint density at radius 3 is 2.48 bits per heavy atom. The zero-order valence-corrected chi connectivity index (χ0v) is 18.2. The van der Waals surface area contributed by atoms with Crippen LogP contribution in [0, 0.1) is 11.8 Å². The first-order chi connectivity index (χ1) is 13.9. The number of alkyl halides is 1. The highest BCUT2D eigenvalue weighted by Gasteiger charge is 2.66. The molecule has 7 heteroatoms. The number of benzene rings is 1. The molecule has 1 aromatic rings. The Kier molecular flexibility index (Phi) is 5.93. The summed E-state index contributed by atoms with van der Waals surface area (Å²) in [4.78, 5) is 14.7. The first-order valence-electron chi connectivity index (χ1n) is 10.5. The van der Waals surface area contributed by atoms with E-state index in [0.717, 1.165) is 5.56 Å². The maximum absolute atomic E-state index is 12.9. The van der Waals surface area contributed by atoms with Crippen LogP contribution in [0.3, 0.4) is 0 Å². The van der Waals surface area contributed by atoms with Gasteiger partial charge in [-0.1, -0.05) is 30.3 Å². The molecule has 2 aliphatic heterocycles. The van der Waals surface area contributed by atoms with Crippen molar-refractivity contribution >= 4 is 17.5 Å². The van der Waals surface area contributed by atoms with Crippen molar-refractivity contribution in [3.8, 4) is 0 Å². The van der Waals surface area contributed by atoms with E-state index in [1.807, 2.05) is 62.9 Å². The highest BCUT2D eigenvalue weighted by atomic mass is 35.5. The Hall–Kier alpha value is -1.18. The SMILES string of the molecule is CCN(CC)C(=O)[C@@H]1[C@@H](Cl)[C@H]1[C@H]1O[C@@H]2OC(C)(C)O[C@@H]2[C@H]1OCc1ccccc1. The lowest BCUT2D eigenvalue weighted by Gasteiger charge is -2.26. The molecule has 2 saturated heterocycles. The molecule has 3 fully saturated rings. The highest BCUT2D eigenvalue weighted by molar-refractivity contribution is 6.25. The van der Waals surface area contributed by atoms with Gasteiger partial charge in [0.2, 0.25) is 5.91 Å². The van der Waals surface area contributed by atoms with Gasteiger partial charge in [-0.3, -0.25) is 4.79 Å². The summed E-state index contributed by atoms with van der Waals surface area (Å²) in [7, 11) is 0. The second-order valence-corrected chi connectivity index (χ2v) is 8.89. The summed E-state index contributed by atoms with van der Waals surface area (Å²) >= 11 is 6.58. The second kappa shape index (κ2) is 8.16. The predicted octanol–water partition coefficient (Wildman–Crippen LogP) is 3.17. The van der Waals surface area contributed by atoms with E-state index < -0.39 is 12.1 Å². The van der Waals surface area contributed by atoms with Gasteiger partial charge in [0.25, 0.3) is 0 Å². The average molecular weight is 424 g/mol. The third-order valence-corrected chi connectivity index (χ3v) is 6.60. The lowest BCUT2D eigenvalue weighted by Crippen LogP contribution is -2.39. The number of fused-ring (bicyclic) bond motifs is 1. The fourth-order valence-corrected chi connectivity index (χ4v) is 4.99. The standard InChI is InChI=1S/C22H30ClNO5/c1-5-24(6-2)20(25)15-14(16(15)23)17-18(26-12-13-10-8-7-9-11-13)19-21(27-17)29-22(3,4)28-19/h7-11,14-19,21H,5-6,12H2,1-4H3/t14-,15-,16-,17+,18-,19+,21+/m0/s1. The molecule has 4 rings (SSSR count). The third kappa shape index (κ3) is 4.06. The second-order valence-electron chi connectivity index (χ2n) is 8.39. The van der Waals surface area contributed by atoms with E-state index in [0.29, 0.717) is 19.7 Å². The van der Waals surface area contributed by atoms with E-state index in [9.17, 15) is 4.79 Å². The smallest absolute Gasteiger partial charge is 0.227 e. The lowest BCUT2D eigenvalue weighted by molar-refractivity contribution is -0.222. The third-order valence-electron chi connectivity index (χ3n) is 6.04. The molecule has 7 atom stereocenters. The summed E-state index contributed by atoms with van der Waals surface area (Å²) in [6, 6.07) is 9.98. The predicted molar refractivity (Wildman–Crippen MR) is 108 cm³/mol. The van der Waals surface area contributed by atoms with Gasteiger partial charge < -0.3 is 23.8 Å². The van der Waals surface area contributed by atoms with Crippen molar-refractivity contribution in [2.45, 2.75) is 70.1 Å². The van der Waals surface area contributed by atoms with Crippen molar-refractivity contribution < 1.29 is 23.7 Å². The number of amides is 1. The Bertz CT molecular complexity index is 725. The van der Waals surface area contributed by atoms with Gasteiger partial charge >= 0.3 is 0 Å². The van der Waals surface area contributed by atoms with Gasteiger partial charge in [-0.2, -0.15) is 0 Å². The largest absolute Gasteiger partial charge is 0.368 e. The van der Waals surface area contributed by atoms with Crippen molar-refractivity contribution in [1.29, 1.82) is 0 Å². The minimum Gasteiger partial charge on any atom is -0.368 e. The summed E-state index contributed by atoms with van der Waals surface area (Å²) in [5, 5.41) is -0.261. The van der Waals surface area contributed by atoms with Crippen LogP contribution in [0.4, 0.5) is 0 Å². The fourth-order valence-electron chi connectivity index (χ4n) is 4.50. The van der Waals surface area contributed by atoms with Crippen LogP contribution < -0.4 is 0 Å². The van der Waals surface area contributed by atoms with Crippen LogP contribution in [0.1, 0.15) is 33.3 Å². The van der Waals surface area contributed by atoms with E-state index in [1.165, 1.54) is 0 Å². The molecule has 1 saturated carbocycles. The first-order valence-corrected chi connectivity index (χ1v) is 10.9. The van der Waals surface area contributed by atoms with E-state index >= 15 is 0 Å². The topological polar surface area (TPSA) is 57.2 Å². The molecule has 0 spiro atoms. The van der Waals surface area contributed by atoms with Crippen molar-refractivity contribution in [3.63, 3.8) is 0 Å². The van der Waals surface area contributed by atoms with Crippen LogP contribution in [0.15, 0.2) is 30.3 Å². The Balaban J connectivity index is 1.50. The summed E-state index contributed by atoms with van der Waals surface area (Å²) in [5.41, 5.74) is 1.07. The quantitative estimate of drug-likeness (QED) is 0.630. The molecule has 0 unspecified atom stereocenters. The normalized spacial score (nSPS) is 37.3. The molecule has 0 aromatic heterocycles. The van der Waals surface area contributed by atoms with Crippen LogP contribution in [0.2, 0.25) is 0 Å². The number of hydrogen-bond donors (Lipinski definition) is 0. The molecule has 1 aliphatic carbocycles. The van der Waals surface area contributed by atoms with E-state index in [-0.39, 0.29) is 41.4 Å². The first kappa shape index (κ1) is 21.1. The highest BCUT2D eigenvalue weighted by Crippen LogP contribution is 2.53. The molecule has 0 radical (unpaired) electrons. The summed E-state index contributed by atoms with van der Waals surface area (Å²) in [5.74, 6) is -0.998. The molecular formula is C22H30ClNO5. The molecular weight excluding hydrogens is 394 g/mol. The summed E-state index contributed by atoms with van der Waals surface area (Å²) in [6.07, 6.45) is -1.53. The van der Waals surface area contributed by atoms with Gasteiger partial charge in [-0.05, 0) is 33.3 Å². The van der Waals surface area contributed by atoms with Gasteiger partial charge in [0.1, 0.15) is 12.2 Å². The van der Waals surface area contributed by atoms with Gasteiger partial charge in [0.05, 0.1) is 24.0 Å². The maximum Gasteiger partial charge on any atom is 0.227 e.